The highest BCUT2D eigenvalue weighted by molar-refractivity contribution is 7.90. The van der Waals surface area contributed by atoms with Crippen LogP contribution < -0.4 is 10.3 Å². The Bertz CT molecular complexity index is 870. The zero-order chi connectivity index (χ0) is 17.9. The Balaban J connectivity index is 2.31. The van der Waals surface area contributed by atoms with Crippen LogP contribution in [0.4, 0.5) is 5.82 Å². The van der Waals surface area contributed by atoms with Crippen LogP contribution in [0.1, 0.15) is 6.92 Å². The van der Waals surface area contributed by atoms with Gasteiger partial charge in [0.05, 0.1) is 9.93 Å². The Hall–Kier alpha value is -2.45. The Labute approximate surface area is 144 Å². The summed E-state index contributed by atoms with van der Waals surface area (Å²) in [5.41, 5.74) is 0.930. The van der Waals surface area contributed by atoms with Crippen LogP contribution in [0.5, 0.6) is 0 Å². The lowest BCUT2D eigenvalue weighted by molar-refractivity contribution is -0.115. The van der Waals surface area contributed by atoms with E-state index in [-0.39, 0.29) is 10.7 Å². The van der Waals surface area contributed by atoms with Gasteiger partial charge in [0.15, 0.2) is 15.7 Å². The van der Waals surface area contributed by atoms with Crippen LogP contribution in [-0.4, -0.2) is 32.3 Å². The van der Waals surface area contributed by atoms with Crippen molar-refractivity contribution in [3.8, 4) is 0 Å². The molecule has 0 aliphatic carbocycles. The van der Waals surface area contributed by atoms with E-state index in [1.807, 2.05) is 0 Å². The molecule has 1 aromatic rings. The average molecular weight is 367 g/mol. The van der Waals surface area contributed by atoms with Gasteiger partial charge in [0.25, 0.3) is 5.91 Å². The topological polar surface area (TPSA) is 91.7 Å². The molecule has 1 amide bonds. The lowest BCUT2D eigenvalue weighted by Crippen LogP contribution is -2.28. The molecule has 0 atom stereocenters. The molecule has 0 fully saturated rings. The predicted octanol–water partition coefficient (Wildman–Crippen LogP) is 1.95. The standard InChI is InChI=1S/C15H15ClN4O3S/c1-10(13-6-4-11(16)8-18-13)15(21)20(17-2)14-7-5-12(9-19-14)24(3,22)23/h4-9,18H,2H2,1,3H3. The number of nitrogens with one attached hydrogen (secondary N) is 1. The lowest BCUT2D eigenvalue weighted by Gasteiger charge is -2.18. The average Bonchev–Trinajstić information content (AvgIpc) is 2.55. The number of allylic oxidation sites excluding steroid dienone is 3. The quantitative estimate of drug-likeness (QED) is 0.499. The van der Waals surface area contributed by atoms with Crippen molar-refractivity contribution in [2.75, 3.05) is 11.3 Å². The molecule has 1 N–H and O–H groups in total. The molecule has 2 rings (SSSR count). The minimum Gasteiger partial charge on any atom is -0.360 e. The molecule has 1 aliphatic heterocycles. The lowest BCUT2D eigenvalue weighted by atomic mass is 10.1. The molecule has 2 heterocycles. The molecule has 0 bridgehead atoms. The molecule has 24 heavy (non-hydrogen) atoms. The second-order valence-corrected chi connectivity index (χ2v) is 7.38. The number of hydrogen-bond acceptors (Lipinski definition) is 6. The molecule has 1 aliphatic rings. The van der Waals surface area contributed by atoms with Gasteiger partial charge in [-0.05, 0) is 31.2 Å². The largest absolute Gasteiger partial charge is 0.360 e. The Morgan fingerprint density at radius 2 is 2.08 bits per heavy atom. The fourth-order valence-electron chi connectivity index (χ4n) is 1.87. The zero-order valence-corrected chi connectivity index (χ0v) is 14.6. The van der Waals surface area contributed by atoms with Crippen LogP contribution in [0.2, 0.25) is 0 Å². The van der Waals surface area contributed by atoms with Crippen molar-refractivity contribution in [2.45, 2.75) is 11.8 Å². The van der Waals surface area contributed by atoms with Gasteiger partial charge in [0.1, 0.15) is 0 Å². The first-order valence-corrected chi connectivity index (χ1v) is 8.99. The molecule has 0 saturated heterocycles. The fraction of sp³-hybridized carbons (Fsp3) is 0.133. The first-order chi connectivity index (χ1) is 11.2. The second kappa shape index (κ2) is 6.98. The van der Waals surface area contributed by atoms with Crippen molar-refractivity contribution in [1.29, 1.82) is 0 Å². The van der Waals surface area contributed by atoms with Gasteiger partial charge in [-0.15, -0.1) is 0 Å². The highest BCUT2D eigenvalue weighted by Crippen LogP contribution is 2.19. The van der Waals surface area contributed by atoms with Crippen LogP contribution in [-0.2, 0) is 14.6 Å². The third-order valence-electron chi connectivity index (χ3n) is 3.20. The van der Waals surface area contributed by atoms with Crippen molar-refractivity contribution in [1.82, 2.24) is 10.3 Å². The van der Waals surface area contributed by atoms with Gasteiger partial charge in [-0.2, -0.15) is 10.1 Å². The summed E-state index contributed by atoms with van der Waals surface area (Å²) in [6.45, 7) is 4.99. The summed E-state index contributed by atoms with van der Waals surface area (Å²) in [6.07, 6.45) is 7.11. The van der Waals surface area contributed by atoms with Gasteiger partial charge < -0.3 is 5.32 Å². The summed E-state index contributed by atoms with van der Waals surface area (Å²) in [4.78, 5) is 16.6. The van der Waals surface area contributed by atoms with E-state index >= 15 is 0 Å². The third-order valence-corrected chi connectivity index (χ3v) is 4.53. The van der Waals surface area contributed by atoms with Gasteiger partial charge in [-0.3, -0.25) is 4.79 Å². The van der Waals surface area contributed by atoms with Crippen molar-refractivity contribution in [3.63, 3.8) is 0 Å². The Kier molecular flexibility index (Phi) is 5.20. The van der Waals surface area contributed by atoms with Crippen LogP contribution in [0.25, 0.3) is 0 Å². The van der Waals surface area contributed by atoms with Gasteiger partial charge in [0.2, 0.25) is 0 Å². The molecule has 0 aromatic carbocycles. The minimum absolute atomic E-state index is 0.0504. The number of halogens is 1. The summed E-state index contributed by atoms with van der Waals surface area (Å²) in [5, 5.41) is 8.07. The van der Waals surface area contributed by atoms with Crippen LogP contribution >= 0.6 is 11.6 Å². The molecule has 1 aromatic heterocycles. The number of carbonyl (C=O) groups excluding carboxylic acids is 1. The number of amides is 1. The molecule has 0 spiro atoms. The van der Waals surface area contributed by atoms with Crippen LogP contribution in [0.3, 0.4) is 0 Å². The zero-order valence-electron chi connectivity index (χ0n) is 13.0. The van der Waals surface area contributed by atoms with E-state index in [1.165, 1.54) is 18.3 Å². The Morgan fingerprint density at radius 1 is 1.38 bits per heavy atom. The van der Waals surface area contributed by atoms with Gasteiger partial charge in [0, 0.05) is 36.6 Å². The van der Waals surface area contributed by atoms with Crippen LogP contribution in [0.15, 0.2) is 63.0 Å². The van der Waals surface area contributed by atoms with Crippen molar-refractivity contribution in [2.24, 2.45) is 5.10 Å². The van der Waals surface area contributed by atoms with E-state index < -0.39 is 15.7 Å². The number of hydrazone groups is 1. The van der Waals surface area contributed by atoms with Gasteiger partial charge in [-0.25, -0.2) is 13.4 Å². The molecule has 0 unspecified atom stereocenters. The third kappa shape index (κ3) is 3.90. The molecule has 126 valence electrons. The predicted molar refractivity (Wildman–Crippen MR) is 93.3 cm³/mol. The number of sulfone groups is 1. The smallest absolute Gasteiger partial charge is 0.277 e. The minimum atomic E-state index is -3.37. The fourth-order valence-corrected chi connectivity index (χ4v) is 2.55. The van der Waals surface area contributed by atoms with E-state index in [1.54, 1.807) is 25.3 Å². The molecule has 7 nitrogen and oxygen atoms in total. The number of pyridine rings is 1. The maximum Gasteiger partial charge on any atom is 0.277 e. The van der Waals surface area contributed by atoms with Gasteiger partial charge in [-0.1, -0.05) is 11.6 Å². The first-order valence-electron chi connectivity index (χ1n) is 6.72. The Morgan fingerprint density at radius 3 is 2.54 bits per heavy atom. The normalized spacial score (nSPS) is 16.0. The van der Waals surface area contributed by atoms with E-state index in [0.29, 0.717) is 16.3 Å². The van der Waals surface area contributed by atoms with E-state index in [0.717, 1.165) is 11.3 Å². The highest BCUT2D eigenvalue weighted by Gasteiger charge is 2.21. The van der Waals surface area contributed by atoms with Crippen molar-refractivity contribution in [3.05, 3.63) is 53.0 Å². The summed E-state index contributed by atoms with van der Waals surface area (Å²) >= 11 is 5.81. The van der Waals surface area contributed by atoms with Crippen molar-refractivity contribution < 1.29 is 13.2 Å². The van der Waals surface area contributed by atoms with Gasteiger partial charge >= 0.3 is 0 Å². The number of carbonyl (C=O) groups is 1. The van der Waals surface area contributed by atoms with Crippen molar-refractivity contribution >= 4 is 39.9 Å². The number of aromatic nitrogens is 1. The highest BCUT2D eigenvalue weighted by atomic mass is 35.5. The first kappa shape index (κ1) is 17.9. The molecule has 0 saturated carbocycles. The number of rotatable bonds is 4. The second-order valence-electron chi connectivity index (χ2n) is 4.93. The maximum atomic E-state index is 12.6. The number of dihydropyridines is 1. The number of hydrogen-bond donors (Lipinski definition) is 1. The molecule has 0 radical (unpaired) electrons. The SMILES string of the molecule is C=NN(C(=O)C(C)=C1C=CC(Cl)=CN1)c1ccc(S(C)(=O)=O)cn1. The maximum absolute atomic E-state index is 12.6. The number of anilines is 1. The molecule has 9 heteroatoms. The summed E-state index contributed by atoms with van der Waals surface area (Å²) in [5.74, 6) is -0.293. The summed E-state index contributed by atoms with van der Waals surface area (Å²) in [7, 11) is -3.37. The molecular formula is C15H15ClN4O3S. The summed E-state index contributed by atoms with van der Waals surface area (Å²) < 4.78 is 22.9. The van der Waals surface area contributed by atoms with E-state index in [2.05, 4.69) is 22.1 Å². The monoisotopic (exact) mass is 366 g/mol. The van der Waals surface area contributed by atoms with Crippen LogP contribution in [0, 0.1) is 0 Å². The summed E-state index contributed by atoms with van der Waals surface area (Å²) in [6, 6.07) is 2.74. The van der Waals surface area contributed by atoms with E-state index in [4.69, 9.17) is 11.6 Å². The van der Waals surface area contributed by atoms with E-state index in [9.17, 15) is 13.2 Å². The molecular weight excluding hydrogens is 352 g/mol. The number of nitrogens with zero attached hydrogens (tertiary/aromatic N) is 3.